The van der Waals surface area contributed by atoms with Crippen LogP contribution in [-0.4, -0.2) is 33.8 Å². The van der Waals surface area contributed by atoms with Crippen LogP contribution in [0.5, 0.6) is 0 Å². The Bertz CT molecular complexity index is 2000. The number of ether oxygens (including phenoxy) is 1. The lowest BCUT2D eigenvalue weighted by Crippen LogP contribution is -2.47. The van der Waals surface area contributed by atoms with Crippen LogP contribution in [-0.2, 0) is 29.1 Å². The van der Waals surface area contributed by atoms with Gasteiger partial charge in [0, 0.05) is 21.8 Å². The van der Waals surface area contributed by atoms with E-state index in [1.165, 1.54) is 11.3 Å². The summed E-state index contributed by atoms with van der Waals surface area (Å²) in [7, 11) is 0. The van der Waals surface area contributed by atoms with Crippen molar-refractivity contribution in [2.24, 2.45) is 5.73 Å². The number of amides is 3. The lowest BCUT2D eigenvalue weighted by molar-refractivity contribution is -0.131. The van der Waals surface area contributed by atoms with Crippen molar-refractivity contribution in [3.05, 3.63) is 131 Å². The van der Waals surface area contributed by atoms with Gasteiger partial charge in [-0.2, -0.15) is 0 Å². The second-order valence-corrected chi connectivity index (χ2v) is 11.7. The van der Waals surface area contributed by atoms with Crippen molar-refractivity contribution in [1.29, 1.82) is 0 Å². The fourth-order valence-electron chi connectivity index (χ4n) is 5.12. The normalized spacial score (nSPS) is 11.8. The minimum Gasteiger partial charge on any atom is -0.444 e. The highest BCUT2D eigenvalue weighted by Gasteiger charge is 2.29. The number of aromatic amines is 1. The number of anilines is 2. The van der Waals surface area contributed by atoms with Crippen LogP contribution in [0.2, 0.25) is 0 Å². The van der Waals surface area contributed by atoms with Gasteiger partial charge in [-0.1, -0.05) is 72.8 Å². The number of carbonyl (C=O) groups is 3. The molecule has 6 N–H and O–H groups in total. The van der Waals surface area contributed by atoms with Crippen molar-refractivity contribution < 1.29 is 19.1 Å². The molecule has 0 unspecified atom stereocenters. The molecule has 1 atom stereocenters. The zero-order chi connectivity index (χ0) is 31.3. The SMILES string of the molecule is Nc1ccccc1NC(=O)c1cc2ccc(CN(C(=O)OCc3ccccc3)C(=O)[C@@H](N)Cc3c[nH]c4ccccc34)cc2s1. The van der Waals surface area contributed by atoms with Gasteiger partial charge in [0.05, 0.1) is 28.8 Å². The van der Waals surface area contributed by atoms with Crippen molar-refractivity contribution in [2.45, 2.75) is 25.6 Å². The first-order valence-electron chi connectivity index (χ1n) is 14.4. The van der Waals surface area contributed by atoms with E-state index >= 15 is 0 Å². The molecule has 0 radical (unpaired) electrons. The molecule has 0 fully saturated rings. The number of H-pyrrole nitrogens is 1. The van der Waals surface area contributed by atoms with Crippen LogP contribution in [0.1, 0.15) is 26.4 Å². The summed E-state index contributed by atoms with van der Waals surface area (Å²) in [5.41, 5.74) is 16.7. The van der Waals surface area contributed by atoms with Gasteiger partial charge < -0.3 is 26.5 Å². The van der Waals surface area contributed by atoms with Crippen LogP contribution in [0.15, 0.2) is 109 Å². The summed E-state index contributed by atoms with van der Waals surface area (Å²) in [6.07, 6.45) is 1.28. The number of nitrogens with two attached hydrogens (primary N) is 2. The summed E-state index contributed by atoms with van der Waals surface area (Å²) in [6.45, 7) is -0.0422. The predicted octanol–water partition coefficient (Wildman–Crippen LogP) is 6.45. The zero-order valence-electron chi connectivity index (χ0n) is 24.2. The molecule has 2 heterocycles. The van der Waals surface area contributed by atoms with Gasteiger partial charge in [0.25, 0.3) is 5.91 Å². The summed E-state index contributed by atoms with van der Waals surface area (Å²) < 4.78 is 6.40. The van der Waals surface area contributed by atoms with Crippen LogP contribution < -0.4 is 16.8 Å². The number of hydrogen-bond acceptors (Lipinski definition) is 7. The Morgan fingerprint density at radius 3 is 2.47 bits per heavy atom. The molecule has 10 heteroatoms. The van der Waals surface area contributed by atoms with Crippen molar-refractivity contribution in [1.82, 2.24) is 9.88 Å². The molecule has 0 aliphatic carbocycles. The summed E-state index contributed by atoms with van der Waals surface area (Å²) in [6, 6.07) is 30.4. The lowest BCUT2D eigenvalue weighted by atomic mass is 10.0. The minimum absolute atomic E-state index is 0.00942. The average molecular weight is 618 g/mol. The number of hydrogen-bond donors (Lipinski definition) is 4. The predicted molar refractivity (Wildman–Crippen MR) is 178 cm³/mol. The number of para-hydroxylation sites is 3. The molecule has 9 nitrogen and oxygen atoms in total. The molecular formula is C35H31N5O4S. The van der Waals surface area contributed by atoms with Gasteiger partial charge >= 0.3 is 6.09 Å². The Labute approximate surface area is 263 Å². The quantitative estimate of drug-likeness (QED) is 0.137. The number of aromatic nitrogens is 1. The monoisotopic (exact) mass is 617 g/mol. The van der Waals surface area contributed by atoms with Crippen LogP contribution in [0.3, 0.4) is 0 Å². The second-order valence-electron chi connectivity index (χ2n) is 10.7. The molecule has 3 amide bonds. The number of rotatable bonds is 9. The summed E-state index contributed by atoms with van der Waals surface area (Å²) >= 11 is 1.31. The minimum atomic E-state index is -0.986. The van der Waals surface area contributed by atoms with E-state index in [9.17, 15) is 14.4 Å². The number of benzene rings is 4. The Morgan fingerprint density at radius 1 is 0.889 bits per heavy atom. The van der Waals surface area contributed by atoms with E-state index in [2.05, 4.69) is 10.3 Å². The summed E-state index contributed by atoms with van der Waals surface area (Å²) in [5.74, 6) is -0.828. The zero-order valence-corrected chi connectivity index (χ0v) is 25.1. The second kappa shape index (κ2) is 13.0. The largest absolute Gasteiger partial charge is 0.444 e. The molecule has 45 heavy (non-hydrogen) atoms. The number of nitrogen functional groups attached to an aromatic ring is 1. The maximum Gasteiger partial charge on any atom is 0.417 e. The van der Waals surface area contributed by atoms with Crippen LogP contribution >= 0.6 is 11.3 Å². The van der Waals surface area contributed by atoms with Crippen molar-refractivity contribution >= 4 is 61.6 Å². The van der Waals surface area contributed by atoms with E-state index in [4.69, 9.17) is 16.2 Å². The maximum absolute atomic E-state index is 13.8. The fourth-order valence-corrected chi connectivity index (χ4v) is 6.14. The van der Waals surface area contributed by atoms with Gasteiger partial charge in [0.15, 0.2) is 0 Å². The van der Waals surface area contributed by atoms with E-state index in [1.807, 2.05) is 79.0 Å². The van der Waals surface area contributed by atoms with E-state index in [1.54, 1.807) is 30.3 Å². The number of nitrogens with zero attached hydrogens (tertiary/aromatic N) is 1. The van der Waals surface area contributed by atoms with Gasteiger partial charge in [0.2, 0.25) is 5.91 Å². The highest BCUT2D eigenvalue weighted by atomic mass is 32.1. The molecule has 6 aromatic rings. The van der Waals surface area contributed by atoms with Gasteiger partial charge in [-0.15, -0.1) is 11.3 Å². The average Bonchev–Trinajstić information content (AvgIpc) is 3.68. The first-order valence-corrected chi connectivity index (χ1v) is 15.2. The van der Waals surface area contributed by atoms with Crippen molar-refractivity contribution in [2.75, 3.05) is 11.1 Å². The van der Waals surface area contributed by atoms with Gasteiger partial charge in [-0.05, 0) is 58.8 Å². The third-order valence-electron chi connectivity index (χ3n) is 7.48. The third kappa shape index (κ3) is 6.72. The third-order valence-corrected chi connectivity index (χ3v) is 8.58. The molecule has 0 aliphatic heterocycles. The number of nitrogens with one attached hydrogen (secondary N) is 2. The first kappa shape index (κ1) is 29.6. The molecule has 0 spiro atoms. The van der Waals surface area contributed by atoms with E-state index in [0.29, 0.717) is 21.8 Å². The lowest BCUT2D eigenvalue weighted by Gasteiger charge is -2.24. The molecule has 6 rings (SSSR count). The molecule has 4 aromatic carbocycles. The Morgan fingerprint density at radius 2 is 1.64 bits per heavy atom. The van der Waals surface area contributed by atoms with E-state index in [-0.39, 0.29) is 25.5 Å². The van der Waals surface area contributed by atoms with E-state index < -0.39 is 18.0 Å². The van der Waals surface area contributed by atoms with Crippen LogP contribution in [0, 0.1) is 0 Å². The number of imide groups is 1. The number of thiophene rings is 1. The Hall–Kier alpha value is -5.45. The van der Waals surface area contributed by atoms with Gasteiger partial charge in [0.1, 0.15) is 6.61 Å². The Balaban J connectivity index is 1.22. The van der Waals surface area contributed by atoms with Crippen LogP contribution in [0.4, 0.5) is 16.2 Å². The molecule has 0 saturated carbocycles. The summed E-state index contributed by atoms with van der Waals surface area (Å²) in [4.78, 5) is 44.9. The van der Waals surface area contributed by atoms with Crippen molar-refractivity contribution in [3.63, 3.8) is 0 Å². The van der Waals surface area contributed by atoms with Gasteiger partial charge in [-0.3, -0.25) is 9.59 Å². The van der Waals surface area contributed by atoms with E-state index in [0.717, 1.165) is 37.0 Å². The molecule has 0 aliphatic rings. The molecule has 0 bridgehead atoms. The van der Waals surface area contributed by atoms with Gasteiger partial charge in [-0.25, -0.2) is 9.69 Å². The summed E-state index contributed by atoms with van der Waals surface area (Å²) in [5, 5.41) is 4.68. The number of carbonyl (C=O) groups excluding carboxylic acids is 3. The molecule has 2 aromatic heterocycles. The molecular weight excluding hydrogens is 586 g/mol. The highest BCUT2D eigenvalue weighted by Crippen LogP contribution is 2.29. The number of fused-ring (bicyclic) bond motifs is 2. The highest BCUT2D eigenvalue weighted by molar-refractivity contribution is 7.20. The topological polar surface area (TPSA) is 144 Å². The molecule has 226 valence electrons. The maximum atomic E-state index is 13.8. The fraction of sp³-hybridized carbons (Fsp3) is 0.114. The van der Waals surface area contributed by atoms with Crippen LogP contribution in [0.25, 0.3) is 21.0 Å². The molecule has 0 saturated heterocycles. The first-order chi connectivity index (χ1) is 21.9. The smallest absolute Gasteiger partial charge is 0.417 e. The van der Waals surface area contributed by atoms with Crippen molar-refractivity contribution in [3.8, 4) is 0 Å². The Kier molecular flexibility index (Phi) is 8.58. The standard InChI is InChI=1S/C35H31N5O4S/c36-27-11-5-7-13-30(27)39-33(41)32-18-24-15-14-23(16-31(24)45-32)20-40(35(43)44-21-22-8-2-1-3-9-22)34(42)28(37)17-25-19-38-29-12-6-4-10-26(25)29/h1-16,18-19,28,38H,17,20-21,36-37H2,(H,39,41)/t28-/m0/s1.